The second-order valence-electron chi connectivity index (χ2n) is 4.04. The molecule has 0 fully saturated rings. The van der Waals surface area contributed by atoms with Crippen LogP contribution in [0.3, 0.4) is 0 Å². The summed E-state index contributed by atoms with van der Waals surface area (Å²) in [5, 5.41) is 0. The third-order valence-electron chi connectivity index (χ3n) is 2.53. The fourth-order valence-electron chi connectivity index (χ4n) is 1.72. The Kier molecular flexibility index (Phi) is 4.56. The maximum absolute atomic E-state index is 11.4. The van der Waals surface area contributed by atoms with Crippen molar-refractivity contribution in [2.24, 2.45) is 0 Å². The molecule has 19 heavy (non-hydrogen) atoms. The molecule has 98 valence electrons. The van der Waals surface area contributed by atoms with Gasteiger partial charge in [-0.2, -0.15) is 0 Å². The number of benzene rings is 2. The van der Waals surface area contributed by atoms with Gasteiger partial charge < -0.3 is 9.47 Å². The topological polar surface area (TPSA) is 35.5 Å². The fraction of sp³-hybridized carbons (Fsp3) is 0.188. The maximum Gasteiger partial charge on any atom is 0.310 e. The lowest BCUT2D eigenvalue weighted by Gasteiger charge is -2.07. The third kappa shape index (κ3) is 4.14. The highest BCUT2D eigenvalue weighted by Crippen LogP contribution is 2.22. The summed E-state index contributed by atoms with van der Waals surface area (Å²) in [5.74, 6) is 1.27. The molecule has 0 heterocycles. The van der Waals surface area contributed by atoms with Gasteiger partial charge in [0, 0.05) is 0 Å². The van der Waals surface area contributed by atoms with Crippen molar-refractivity contribution >= 4 is 5.97 Å². The SMILES string of the molecule is CCOC(=O)Cc1cccc(Oc2ccccc2)c1. The van der Waals surface area contributed by atoms with Gasteiger partial charge in [-0.15, -0.1) is 0 Å². The normalized spacial score (nSPS) is 9.95. The molecule has 0 aliphatic rings. The van der Waals surface area contributed by atoms with Gasteiger partial charge in [0.05, 0.1) is 13.0 Å². The summed E-state index contributed by atoms with van der Waals surface area (Å²) >= 11 is 0. The largest absolute Gasteiger partial charge is 0.466 e. The third-order valence-corrected chi connectivity index (χ3v) is 2.53. The van der Waals surface area contributed by atoms with E-state index in [2.05, 4.69) is 0 Å². The molecule has 0 aliphatic carbocycles. The average molecular weight is 256 g/mol. The predicted molar refractivity (Wildman–Crippen MR) is 73.3 cm³/mol. The Morgan fingerprint density at radius 3 is 2.47 bits per heavy atom. The molecule has 0 saturated carbocycles. The van der Waals surface area contributed by atoms with E-state index in [-0.39, 0.29) is 12.4 Å². The molecule has 0 aromatic heterocycles. The highest BCUT2D eigenvalue weighted by molar-refractivity contribution is 5.72. The predicted octanol–water partition coefficient (Wildman–Crippen LogP) is 3.58. The molecule has 3 heteroatoms. The van der Waals surface area contributed by atoms with Gasteiger partial charge in [0.15, 0.2) is 0 Å². The molecular weight excluding hydrogens is 240 g/mol. The minimum Gasteiger partial charge on any atom is -0.466 e. The van der Waals surface area contributed by atoms with Crippen molar-refractivity contribution < 1.29 is 14.3 Å². The lowest BCUT2D eigenvalue weighted by molar-refractivity contribution is -0.142. The Morgan fingerprint density at radius 1 is 1.00 bits per heavy atom. The van der Waals surface area contributed by atoms with Crippen molar-refractivity contribution in [1.29, 1.82) is 0 Å². The molecule has 0 amide bonds. The molecule has 0 aliphatic heterocycles. The van der Waals surface area contributed by atoms with Crippen LogP contribution >= 0.6 is 0 Å². The van der Waals surface area contributed by atoms with E-state index in [0.717, 1.165) is 11.3 Å². The van der Waals surface area contributed by atoms with E-state index in [1.165, 1.54) is 0 Å². The van der Waals surface area contributed by atoms with Crippen LogP contribution in [0.1, 0.15) is 12.5 Å². The van der Waals surface area contributed by atoms with E-state index in [1.807, 2.05) is 54.6 Å². The minimum absolute atomic E-state index is 0.223. The standard InChI is InChI=1S/C16H16O3/c1-2-18-16(17)12-13-7-6-10-15(11-13)19-14-8-4-3-5-9-14/h3-11H,2,12H2,1H3. The molecule has 0 spiro atoms. The second kappa shape index (κ2) is 6.59. The molecule has 3 nitrogen and oxygen atoms in total. The molecule has 0 radical (unpaired) electrons. The first-order chi connectivity index (χ1) is 9.28. The number of ether oxygens (including phenoxy) is 2. The second-order valence-corrected chi connectivity index (χ2v) is 4.04. The van der Waals surface area contributed by atoms with Crippen LogP contribution in [0.2, 0.25) is 0 Å². The maximum atomic E-state index is 11.4. The van der Waals surface area contributed by atoms with Crippen LogP contribution in [0.15, 0.2) is 54.6 Å². The van der Waals surface area contributed by atoms with Gasteiger partial charge in [-0.25, -0.2) is 0 Å². The van der Waals surface area contributed by atoms with E-state index in [1.54, 1.807) is 6.92 Å². The van der Waals surface area contributed by atoms with E-state index in [9.17, 15) is 4.79 Å². The van der Waals surface area contributed by atoms with Crippen molar-refractivity contribution in [1.82, 2.24) is 0 Å². The summed E-state index contributed by atoms with van der Waals surface area (Å²) < 4.78 is 10.6. The number of esters is 1. The molecule has 0 saturated heterocycles. The Hall–Kier alpha value is -2.29. The summed E-state index contributed by atoms with van der Waals surface area (Å²) in [5.41, 5.74) is 0.881. The van der Waals surface area contributed by atoms with Crippen LogP contribution in [0.5, 0.6) is 11.5 Å². The Morgan fingerprint density at radius 2 is 1.74 bits per heavy atom. The zero-order valence-corrected chi connectivity index (χ0v) is 10.8. The number of carbonyl (C=O) groups excluding carboxylic acids is 1. The number of carbonyl (C=O) groups is 1. The Balaban J connectivity index is 2.05. The van der Waals surface area contributed by atoms with Crippen LogP contribution in [-0.2, 0) is 16.0 Å². The van der Waals surface area contributed by atoms with Crippen LogP contribution < -0.4 is 4.74 Å². The van der Waals surface area contributed by atoms with E-state index < -0.39 is 0 Å². The smallest absolute Gasteiger partial charge is 0.310 e. The molecule has 0 atom stereocenters. The first-order valence-electron chi connectivity index (χ1n) is 6.25. The lowest BCUT2D eigenvalue weighted by atomic mass is 10.1. The van der Waals surface area contributed by atoms with Crippen molar-refractivity contribution in [2.75, 3.05) is 6.61 Å². The zero-order valence-electron chi connectivity index (χ0n) is 10.8. The van der Waals surface area contributed by atoms with Gasteiger partial charge >= 0.3 is 5.97 Å². The lowest BCUT2D eigenvalue weighted by Crippen LogP contribution is -2.07. The first kappa shape index (κ1) is 13.1. The van der Waals surface area contributed by atoms with E-state index >= 15 is 0 Å². The summed E-state index contributed by atoms with van der Waals surface area (Å²) in [6.07, 6.45) is 0.264. The van der Waals surface area contributed by atoms with Gasteiger partial charge in [0.25, 0.3) is 0 Å². The molecular formula is C16H16O3. The summed E-state index contributed by atoms with van der Waals surface area (Å²) in [6.45, 7) is 2.20. The van der Waals surface area contributed by atoms with Crippen molar-refractivity contribution in [2.45, 2.75) is 13.3 Å². The van der Waals surface area contributed by atoms with E-state index in [4.69, 9.17) is 9.47 Å². The van der Waals surface area contributed by atoms with Crippen LogP contribution in [0.25, 0.3) is 0 Å². The molecule has 0 N–H and O–H groups in total. The highest BCUT2D eigenvalue weighted by atomic mass is 16.5. The molecule has 0 bridgehead atoms. The van der Waals surface area contributed by atoms with Crippen molar-refractivity contribution in [3.05, 3.63) is 60.2 Å². The van der Waals surface area contributed by atoms with Crippen LogP contribution in [-0.4, -0.2) is 12.6 Å². The monoisotopic (exact) mass is 256 g/mol. The Labute approximate surface area is 112 Å². The highest BCUT2D eigenvalue weighted by Gasteiger charge is 2.05. The summed E-state index contributed by atoms with van der Waals surface area (Å²) in [4.78, 5) is 11.4. The molecule has 2 aromatic rings. The van der Waals surface area contributed by atoms with Gasteiger partial charge in [0.2, 0.25) is 0 Å². The minimum atomic E-state index is -0.223. The van der Waals surface area contributed by atoms with E-state index in [0.29, 0.717) is 12.4 Å². The Bertz CT molecular complexity index is 535. The number of para-hydroxylation sites is 1. The van der Waals surface area contributed by atoms with Gasteiger partial charge in [0.1, 0.15) is 11.5 Å². The van der Waals surface area contributed by atoms with Crippen molar-refractivity contribution in [3.8, 4) is 11.5 Å². The number of hydrogen-bond acceptors (Lipinski definition) is 3. The molecule has 0 unspecified atom stereocenters. The first-order valence-corrected chi connectivity index (χ1v) is 6.25. The van der Waals surface area contributed by atoms with Gasteiger partial charge in [-0.1, -0.05) is 30.3 Å². The summed E-state index contributed by atoms with van der Waals surface area (Å²) in [7, 11) is 0. The van der Waals surface area contributed by atoms with Gasteiger partial charge in [-0.3, -0.25) is 4.79 Å². The number of rotatable bonds is 5. The summed E-state index contributed by atoms with van der Waals surface area (Å²) in [6, 6.07) is 17.0. The molecule has 2 aromatic carbocycles. The van der Waals surface area contributed by atoms with Crippen LogP contribution in [0.4, 0.5) is 0 Å². The molecule has 2 rings (SSSR count). The zero-order chi connectivity index (χ0) is 13.5. The fourth-order valence-corrected chi connectivity index (χ4v) is 1.72. The van der Waals surface area contributed by atoms with Crippen LogP contribution in [0, 0.1) is 0 Å². The quantitative estimate of drug-likeness (QED) is 0.767. The average Bonchev–Trinajstić information content (AvgIpc) is 2.40. The number of hydrogen-bond donors (Lipinski definition) is 0. The van der Waals surface area contributed by atoms with Gasteiger partial charge in [-0.05, 0) is 36.8 Å². The van der Waals surface area contributed by atoms with Crippen molar-refractivity contribution in [3.63, 3.8) is 0 Å².